The van der Waals surface area contributed by atoms with Crippen molar-refractivity contribution in [3.05, 3.63) is 48.0 Å². The lowest BCUT2D eigenvalue weighted by molar-refractivity contribution is -0.114. The van der Waals surface area contributed by atoms with Gasteiger partial charge in [-0.1, -0.05) is 30.8 Å². The predicted octanol–water partition coefficient (Wildman–Crippen LogP) is 3.97. The number of nitrogen functional groups attached to an aromatic ring is 1. The molecule has 0 unspecified atom stereocenters. The highest BCUT2D eigenvalue weighted by molar-refractivity contribution is 7.99. The number of Topliss-reactive ketones (excluding diaryl/α,β-unsaturated/α-hetero) is 1. The number of carbonyl (C=O) groups excluding carboxylic acids is 2. The maximum Gasteiger partial charge on any atom is 0.221 e. The number of ketones is 1. The average molecular weight is 314 g/mol. The number of carbonyl (C=O) groups is 2. The number of hydrogen-bond donors (Lipinski definition) is 2. The van der Waals surface area contributed by atoms with E-state index >= 15 is 0 Å². The molecule has 22 heavy (non-hydrogen) atoms. The van der Waals surface area contributed by atoms with E-state index in [0.717, 1.165) is 15.4 Å². The second-order valence-corrected chi connectivity index (χ2v) is 5.98. The Morgan fingerprint density at radius 2 is 1.73 bits per heavy atom. The fourth-order valence-electron chi connectivity index (χ4n) is 1.96. The highest BCUT2D eigenvalue weighted by Gasteiger charge is 2.06. The highest BCUT2D eigenvalue weighted by atomic mass is 32.2. The first-order valence-corrected chi connectivity index (χ1v) is 7.79. The van der Waals surface area contributed by atoms with Gasteiger partial charge >= 0.3 is 0 Å². The van der Waals surface area contributed by atoms with Crippen LogP contribution in [-0.2, 0) is 4.79 Å². The number of amides is 1. The molecule has 4 nitrogen and oxygen atoms in total. The number of nitrogens with two attached hydrogens (primary N) is 1. The van der Waals surface area contributed by atoms with Gasteiger partial charge in [-0.15, -0.1) is 0 Å². The normalized spacial score (nSPS) is 10.3. The molecule has 0 aliphatic carbocycles. The minimum absolute atomic E-state index is 0.139. The first kappa shape index (κ1) is 16.1. The third-order valence-corrected chi connectivity index (χ3v) is 4.06. The summed E-state index contributed by atoms with van der Waals surface area (Å²) in [4.78, 5) is 24.6. The van der Waals surface area contributed by atoms with Gasteiger partial charge in [-0.3, -0.25) is 9.59 Å². The fraction of sp³-hybridized carbons (Fsp3) is 0.176. The van der Waals surface area contributed by atoms with E-state index in [1.54, 1.807) is 17.8 Å². The van der Waals surface area contributed by atoms with Crippen molar-refractivity contribution in [3.8, 4) is 0 Å². The van der Waals surface area contributed by atoms with Crippen LogP contribution < -0.4 is 11.1 Å². The van der Waals surface area contributed by atoms with Gasteiger partial charge in [0.2, 0.25) is 5.91 Å². The van der Waals surface area contributed by atoms with Crippen LogP contribution >= 0.6 is 11.8 Å². The predicted molar refractivity (Wildman–Crippen MR) is 90.3 cm³/mol. The van der Waals surface area contributed by atoms with Crippen molar-refractivity contribution in [2.75, 3.05) is 11.1 Å². The van der Waals surface area contributed by atoms with Gasteiger partial charge in [-0.25, -0.2) is 0 Å². The quantitative estimate of drug-likeness (QED) is 0.647. The van der Waals surface area contributed by atoms with Crippen LogP contribution in [0.15, 0.2) is 52.3 Å². The highest BCUT2D eigenvalue weighted by Crippen LogP contribution is 2.31. The maximum atomic E-state index is 11.6. The van der Waals surface area contributed by atoms with Gasteiger partial charge in [0, 0.05) is 28.7 Å². The summed E-state index contributed by atoms with van der Waals surface area (Å²) in [6, 6.07) is 13.0. The maximum absolute atomic E-state index is 11.6. The van der Waals surface area contributed by atoms with E-state index in [1.807, 2.05) is 43.3 Å². The fourth-order valence-corrected chi connectivity index (χ4v) is 2.82. The van der Waals surface area contributed by atoms with E-state index in [1.165, 1.54) is 6.92 Å². The van der Waals surface area contributed by atoms with Gasteiger partial charge in [-0.05, 0) is 30.3 Å². The molecule has 114 valence electrons. The molecular weight excluding hydrogens is 296 g/mol. The second kappa shape index (κ2) is 7.13. The van der Waals surface area contributed by atoms with Gasteiger partial charge in [-0.2, -0.15) is 0 Å². The largest absolute Gasteiger partial charge is 0.397 e. The van der Waals surface area contributed by atoms with E-state index in [4.69, 9.17) is 5.73 Å². The Balaban J connectivity index is 2.12. The number of benzene rings is 2. The van der Waals surface area contributed by atoms with E-state index in [2.05, 4.69) is 5.32 Å². The van der Waals surface area contributed by atoms with Gasteiger partial charge in [0.25, 0.3) is 0 Å². The summed E-state index contributed by atoms with van der Waals surface area (Å²) in [6.45, 7) is 3.30. The second-order valence-electron chi connectivity index (χ2n) is 4.83. The first-order chi connectivity index (χ1) is 10.5. The lowest BCUT2D eigenvalue weighted by Crippen LogP contribution is -2.07. The lowest BCUT2D eigenvalue weighted by atomic mass is 10.1. The Morgan fingerprint density at radius 1 is 1.09 bits per heavy atom. The summed E-state index contributed by atoms with van der Waals surface area (Å²) in [5.41, 5.74) is 7.80. The molecule has 5 heteroatoms. The van der Waals surface area contributed by atoms with Gasteiger partial charge in [0.1, 0.15) is 0 Å². The van der Waals surface area contributed by atoms with Crippen LogP contribution in [0, 0.1) is 0 Å². The molecule has 0 saturated heterocycles. The minimum atomic E-state index is -0.150. The molecule has 0 heterocycles. The summed E-state index contributed by atoms with van der Waals surface area (Å²) < 4.78 is 0. The summed E-state index contributed by atoms with van der Waals surface area (Å²) in [7, 11) is 0. The van der Waals surface area contributed by atoms with E-state index in [9.17, 15) is 9.59 Å². The number of hydrogen-bond acceptors (Lipinski definition) is 4. The zero-order valence-electron chi connectivity index (χ0n) is 12.6. The monoisotopic (exact) mass is 314 g/mol. The van der Waals surface area contributed by atoms with Crippen LogP contribution in [0.4, 0.5) is 11.4 Å². The lowest BCUT2D eigenvalue weighted by Gasteiger charge is -2.09. The summed E-state index contributed by atoms with van der Waals surface area (Å²) >= 11 is 1.55. The molecule has 0 aromatic heterocycles. The van der Waals surface area contributed by atoms with Crippen molar-refractivity contribution in [3.63, 3.8) is 0 Å². The molecule has 3 N–H and O–H groups in total. The number of nitrogens with one attached hydrogen (secondary N) is 1. The van der Waals surface area contributed by atoms with Gasteiger partial charge in [0.05, 0.1) is 11.4 Å². The van der Waals surface area contributed by atoms with Crippen LogP contribution in [0.2, 0.25) is 0 Å². The molecule has 0 bridgehead atoms. The molecule has 0 radical (unpaired) electrons. The zero-order chi connectivity index (χ0) is 16.1. The summed E-state index contributed by atoms with van der Waals surface area (Å²) in [5, 5.41) is 2.68. The van der Waals surface area contributed by atoms with Crippen molar-refractivity contribution < 1.29 is 9.59 Å². The average Bonchev–Trinajstić information content (AvgIpc) is 2.49. The van der Waals surface area contributed by atoms with E-state index in [-0.39, 0.29) is 11.7 Å². The van der Waals surface area contributed by atoms with Crippen LogP contribution in [-0.4, -0.2) is 11.7 Å². The number of rotatable bonds is 5. The standard InChI is InChI=1S/C17H18N2O2S/c1-3-17(21)12-4-6-13(7-5-12)22-14-8-9-16(15(18)10-14)19-11(2)20/h4-10H,3,18H2,1-2H3,(H,19,20). The van der Waals surface area contributed by atoms with Crippen molar-refractivity contribution in [2.45, 2.75) is 30.1 Å². The van der Waals surface area contributed by atoms with E-state index in [0.29, 0.717) is 17.8 Å². The smallest absolute Gasteiger partial charge is 0.221 e. The number of anilines is 2. The SMILES string of the molecule is CCC(=O)c1ccc(Sc2ccc(NC(C)=O)c(N)c2)cc1. The third-order valence-electron chi connectivity index (χ3n) is 3.07. The molecule has 2 aromatic carbocycles. The van der Waals surface area contributed by atoms with Crippen LogP contribution in [0.5, 0.6) is 0 Å². The van der Waals surface area contributed by atoms with Gasteiger partial charge < -0.3 is 11.1 Å². The van der Waals surface area contributed by atoms with Crippen LogP contribution in [0.3, 0.4) is 0 Å². The van der Waals surface area contributed by atoms with E-state index < -0.39 is 0 Å². The molecule has 0 saturated carbocycles. The van der Waals surface area contributed by atoms with Crippen molar-refractivity contribution >= 4 is 34.8 Å². The molecular formula is C17H18N2O2S. The Hall–Kier alpha value is -2.27. The van der Waals surface area contributed by atoms with Crippen molar-refractivity contribution in [1.82, 2.24) is 0 Å². The molecule has 0 aliphatic heterocycles. The van der Waals surface area contributed by atoms with Crippen LogP contribution in [0.25, 0.3) is 0 Å². The topological polar surface area (TPSA) is 72.2 Å². The van der Waals surface area contributed by atoms with Crippen LogP contribution in [0.1, 0.15) is 30.6 Å². The molecule has 0 spiro atoms. The Morgan fingerprint density at radius 3 is 2.27 bits per heavy atom. The van der Waals surface area contributed by atoms with Gasteiger partial charge in [0.15, 0.2) is 5.78 Å². The zero-order valence-corrected chi connectivity index (χ0v) is 13.4. The molecule has 2 aromatic rings. The summed E-state index contributed by atoms with van der Waals surface area (Å²) in [5.74, 6) is -0.0104. The third kappa shape index (κ3) is 4.11. The van der Waals surface area contributed by atoms with Crippen molar-refractivity contribution in [2.24, 2.45) is 0 Å². The minimum Gasteiger partial charge on any atom is -0.397 e. The molecule has 0 fully saturated rings. The Bertz CT molecular complexity index is 696. The molecule has 1 amide bonds. The molecule has 0 atom stereocenters. The molecule has 0 aliphatic rings. The Kier molecular flexibility index (Phi) is 5.22. The Labute approximate surface area is 134 Å². The van der Waals surface area contributed by atoms with Crippen molar-refractivity contribution in [1.29, 1.82) is 0 Å². The summed E-state index contributed by atoms with van der Waals surface area (Å²) in [6.07, 6.45) is 0.508. The first-order valence-electron chi connectivity index (χ1n) is 6.98. The molecule has 2 rings (SSSR count).